The van der Waals surface area contributed by atoms with Crippen LogP contribution >= 0.6 is 0 Å². The minimum atomic E-state index is -0.921. The summed E-state index contributed by atoms with van der Waals surface area (Å²) in [6, 6.07) is 0.273. The van der Waals surface area contributed by atoms with Crippen LogP contribution in [-0.2, 0) is 24.7 Å². The number of ether oxygens (including phenoxy) is 3. The maximum atomic E-state index is 10.8. The van der Waals surface area contributed by atoms with Crippen LogP contribution in [-0.4, -0.2) is 79.2 Å². The van der Waals surface area contributed by atoms with Crippen molar-refractivity contribution in [2.75, 3.05) is 25.4 Å². The maximum absolute atomic E-state index is 10.8. The Morgan fingerprint density at radius 2 is 2.12 bits per heavy atom. The van der Waals surface area contributed by atoms with Crippen molar-refractivity contribution in [2.45, 2.75) is 76.7 Å². The molecule has 2 aliphatic heterocycles. The summed E-state index contributed by atoms with van der Waals surface area (Å²) in [5, 5.41) is 8.89. The first kappa shape index (κ1) is 22.8. The molecule has 0 saturated carbocycles. The summed E-state index contributed by atoms with van der Waals surface area (Å²) in [6.07, 6.45) is 4.08. The number of hydrogen-bond donors (Lipinski definition) is 2. The average molecular weight is 449 g/mol. The Bertz CT molecular complexity index is 979. The molecule has 0 aliphatic carbocycles. The number of anilines is 1. The van der Waals surface area contributed by atoms with Gasteiger partial charge in [-0.25, -0.2) is 15.0 Å². The van der Waals surface area contributed by atoms with Gasteiger partial charge in [-0.05, 0) is 47.1 Å². The quantitative estimate of drug-likeness (QED) is 0.544. The largest absolute Gasteiger partial charge is 0.481 e. The average Bonchev–Trinajstić information content (AvgIpc) is 3.35. The van der Waals surface area contributed by atoms with Crippen LogP contribution < -0.4 is 5.73 Å². The standard InChI is InChI=1S/C21H32N6O5/c1-13(2)26(8-6-5-7-15(28)29)9-14-17-21(10-30-14,32-20(3,4)31-17)27-12-25-16-18(22)23-11-24-19(16)27/h11-14,17H,5-10H2,1-4H3,(H,28,29)(H2,22,23,24). The van der Waals surface area contributed by atoms with Crippen LogP contribution in [0.3, 0.4) is 0 Å². The van der Waals surface area contributed by atoms with Crippen LogP contribution in [0.15, 0.2) is 12.7 Å². The Balaban J connectivity index is 1.57. The highest BCUT2D eigenvalue weighted by atomic mass is 16.8. The van der Waals surface area contributed by atoms with E-state index in [9.17, 15) is 4.79 Å². The molecular weight excluding hydrogens is 416 g/mol. The number of carboxylic acids is 1. The van der Waals surface area contributed by atoms with E-state index in [1.54, 1.807) is 6.33 Å². The zero-order chi connectivity index (χ0) is 23.1. The molecule has 4 rings (SSSR count). The van der Waals surface area contributed by atoms with Gasteiger partial charge in [0.25, 0.3) is 0 Å². The van der Waals surface area contributed by atoms with E-state index in [2.05, 4.69) is 33.7 Å². The normalized spacial score (nSPS) is 26.9. The molecule has 3 unspecified atom stereocenters. The minimum Gasteiger partial charge on any atom is -0.481 e. The van der Waals surface area contributed by atoms with E-state index in [-0.39, 0.29) is 31.3 Å². The summed E-state index contributed by atoms with van der Waals surface area (Å²) in [7, 11) is 0. The number of rotatable bonds is 9. The van der Waals surface area contributed by atoms with Gasteiger partial charge in [-0.15, -0.1) is 0 Å². The lowest BCUT2D eigenvalue weighted by molar-refractivity contribution is -0.205. The molecule has 0 spiro atoms. The Morgan fingerprint density at radius 3 is 2.84 bits per heavy atom. The van der Waals surface area contributed by atoms with Crippen molar-refractivity contribution in [2.24, 2.45) is 0 Å². The zero-order valence-electron chi connectivity index (χ0n) is 19.0. The van der Waals surface area contributed by atoms with Crippen molar-refractivity contribution in [1.82, 2.24) is 24.4 Å². The number of unbranched alkanes of at least 4 members (excludes halogenated alkanes) is 1. The first-order chi connectivity index (χ1) is 15.1. The highest BCUT2D eigenvalue weighted by molar-refractivity contribution is 5.81. The topological polar surface area (TPSA) is 138 Å². The monoisotopic (exact) mass is 448 g/mol. The number of hydrogen-bond acceptors (Lipinski definition) is 9. The number of aliphatic carboxylic acids is 1. The van der Waals surface area contributed by atoms with Crippen LogP contribution in [0.25, 0.3) is 11.2 Å². The van der Waals surface area contributed by atoms with Crippen LogP contribution in [0, 0.1) is 0 Å². The van der Waals surface area contributed by atoms with Crippen molar-refractivity contribution < 1.29 is 24.1 Å². The van der Waals surface area contributed by atoms with Crippen LogP contribution in [0.5, 0.6) is 0 Å². The number of nitrogen functional groups attached to an aromatic ring is 1. The van der Waals surface area contributed by atoms with Gasteiger partial charge in [0.1, 0.15) is 24.1 Å². The summed E-state index contributed by atoms with van der Waals surface area (Å²) < 4.78 is 20.9. The van der Waals surface area contributed by atoms with Gasteiger partial charge in [0.05, 0.1) is 12.9 Å². The summed E-state index contributed by atoms with van der Waals surface area (Å²) in [6.45, 7) is 9.73. The van der Waals surface area contributed by atoms with Crippen molar-refractivity contribution >= 4 is 23.0 Å². The summed E-state index contributed by atoms with van der Waals surface area (Å²) in [5.41, 5.74) is 6.15. The minimum absolute atomic E-state index is 0.182. The predicted octanol–water partition coefficient (Wildman–Crippen LogP) is 1.58. The fourth-order valence-corrected chi connectivity index (χ4v) is 4.61. The number of nitrogens with zero attached hydrogens (tertiary/aromatic N) is 5. The number of fused-ring (bicyclic) bond motifs is 2. The van der Waals surface area contributed by atoms with Gasteiger partial charge in [-0.2, -0.15) is 0 Å². The van der Waals surface area contributed by atoms with Crippen molar-refractivity contribution in [3.63, 3.8) is 0 Å². The molecular formula is C21H32N6O5. The molecule has 0 bridgehead atoms. The highest BCUT2D eigenvalue weighted by Gasteiger charge is 2.63. The van der Waals surface area contributed by atoms with Gasteiger partial charge < -0.3 is 25.1 Å². The lowest BCUT2D eigenvalue weighted by Gasteiger charge is -2.31. The molecule has 11 heteroatoms. The number of imidazole rings is 1. The van der Waals surface area contributed by atoms with Crippen molar-refractivity contribution in [3.8, 4) is 0 Å². The van der Waals surface area contributed by atoms with E-state index >= 15 is 0 Å². The fraction of sp³-hybridized carbons (Fsp3) is 0.714. The third-order valence-corrected chi connectivity index (χ3v) is 6.12. The molecule has 2 saturated heterocycles. The highest BCUT2D eigenvalue weighted by Crippen LogP contribution is 2.47. The molecule has 176 valence electrons. The Kier molecular flexibility index (Phi) is 6.10. The van der Waals surface area contributed by atoms with Gasteiger partial charge in [-0.1, -0.05) is 0 Å². The zero-order valence-corrected chi connectivity index (χ0v) is 19.0. The number of carbonyl (C=O) groups is 1. The summed E-state index contributed by atoms with van der Waals surface area (Å²) in [5.74, 6) is -1.27. The lowest BCUT2D eigenvalue weighted by Crippen LogP contribution is -2.47. The summed E-state index contributed by atoms with van der Waals surface area (Å²) in [4.78, 5) is 25.9. The molecule has 3 atom stereocenters. The molecule has 2 fully saturated rings. The van der Waals surface area contributed by atoms with E-state index in [0.29, 0.717) is 29.9 Å². The molecule has 0 amide bonds. The van der Waals surface area contributed by atoms with Crippen LogP contribution in [0.1, 0.15) is 47.0 Å². The van der Waals surface area contributed by atoms with E-state index < -0.39 is 17.5 Å². The SMILES string of the molecule is CC(C)N(CCCCC(=O)O)CC1OCC2(n3cnc4c(N)ncnc43)OC(C)(C)OC12. The smallest absolute Gasteiger partial charge is 0.303 e. The molecule has 2 aromatic rings. The van der Waals surface area contributed by atoms with Crippen LogP contribution in [0.4, 0.5) is 5.82 Å². The number of aromatic nitrogens is 4. The van der Waals surface area contributed by atoms with Gasteiger partial charge in [0, 0.05) is 19.0 Å². The number of carboxylic acid groups (broad SMARTS) is 1. The van der Waals surface area contributed by atoms with E-state index in [4.69, 9.17) is 25.1 Å². The number of nitrogens with two attached hydrogens (primary N) is 1. The van der Waals surface area contributed by atoms with Gasteiger partial charge >= 0.3 is 5.97 Å². The van der Waals surface area contributed by atoms with E-state index in [1.807, 2.05) is 18.4 Å². The van der Waals surface area contributed by atoms with Gasteiger partial charge in [0.15, 0.2) is 17.3 Å². The second-order valence-electron chi connectivity index (χ2n) is 9.22. The maximum Gasteiger partial charge on any atom is 0.303 e. The molecule has 3 N–H and O–H groups in total. The fourth-order valence-electron chi connectivity index (χ4n) is 4.61. The molecule has 32 heavy (non-hydrogen) atoms. The first-order valence-corrected chi connectivity index (χ1v) is 11.0. The third-order valence-electron chi connectivity index (χ3n) is 6.12. The second kappa shape index (κ2) is 8.54. The Labute approximate surface area is 186 Å². The molecule has 2 aliphatic rings. The van der Waals surface area contributed by atoms with E-state index in [0.717, 1.165) is 13.0 Å². The molecule has 11 nitrogen and oxygen atoms in total. The first-order valence-electron chi connectivity index (χ1n) is 11.0. The molecule has 2 aromatic heterocycles. The molecule has 0 radical (unpaired) electrons. The van der Waals surface area contributed by atoms with Gasteiger partial charge in [0.2, 0.25) is 5.72 Å². The molecule has 4 heterocycles. The molecule has 0 aromatic carbocycles. The Morgan fingerprint density at radius 1 is 1.34 bits per heavy atom. The van der Waals surface area contributed by atoms with Crippen LogP contribution in [0.2, 0.25) is 0 Å². The lowest BCUT2D eigenvalue weighted by atomic mass is 10.0. The third kappa shape index (κ3) is 4.17. The summed E-state index contributed by atoms with van der Waals surface area (Å²) >= 11 is 0. The second-order valence-corrected chi connectivity index (χ2v) is 9.22. The van der Waals surface area contributed by atoms with Crippen molar-refractivity contribution in [1.29, 1.82) is 0 Å². The predicted molar refractivity (Wildman–Crippen MR) is 116 cm³/mol. The van der Waals surface area contributed by atoms with Gasteiger partial charge in [-0.3, -0.25) is 14.3 Å². The Hall–Kier alpha value is -2.34. The van der Waals surface area contributed by atoms with Crippen molar-refractivity contribution in [3.05, 3.63) is 12.7 Å². The van der Waals surface area contributed by atoms with E-state index in [1.165, 1.54) is 6.33 Å².